The summed E-state index contributed by atoms with van der Waals surface area (Å²) in [5, 5.41) is 0. The van der Waals surface area contributed by atoms with Crippen LogP contribution in [0.3, 0.4) is 0 Å². The molecule has 0 saturated carbocycles. The molecule has 0 unspecified atom stereocenters. The molecule has 0 bridgehead atoms. The number of hydrogen-bond acceptors (Lipinski definition) is 4. The summed E-state index contributed by atoms with van der Waals surface area (Å²) in [5.41, 5.74) is 3.50. The van der Waals surface area contributed by atoms with Crippen LogP contribution in [0.4, 0.5) is 5.69 Å². The van der Waals surface area contributed by atoms with Gasteiger partial charge in [-0.1, -0.05) is 36.4 Å². The summed E-state index contributed by atoms with van der Waals surface area (Å²) < 4.78 is 4.75. The lowest BCUT2D eigenvalue weighted by Crippen LogP contribution is -2.29. The van der Waals surface area contributed by atoms with Crippen molar-refractivity contribution in [2.24, 2.45) is 0 Å². The zero-order chi connectivity index (χ0) is 19.0. The Hall–Kier alpha value is -3.73. The predicted molar refractivity (Wildman–Crippen MR) is 101 cm³/mol. The Morgan fingerprint density at radius 2 is 1.41 bits per heavy atom. The second-order valence-electron chi connectivity index (χ2n) is 6.11. The zero-order valence-electron chi connectivity index (χ0n) is 14.5. The highest BCUT2D eigenvalue weighted by Gasteiger charge is 2.36. The number of hydrogen-bond donors (Lipinski definition) is 0. The minimum absolute atomic E-state index is 0.323. The third kappa shape index (κ3) is 2.79. The van der Waals surface area contributed by atoms with Gasteiger partial charge in [-0.3, -0.25) is 9.59 Å². The molecule has 27 heavy (non-hydrogen) atoms. The van der Waals surface area contributed by atoms with E-state index in [9.17, 15) is 14.4 Å². The fourth-order valence-electron chi connectivity index (χ4n) is 3.17. The van der Waals surface area contributed by atoms with Crippen LogP contribution in [0, 0.1) is 0 Å². The second-order valence-corrected chi connectivity index (χ2v) is 6.11. The number of benzene rings is 3. The molecule has 0 radical (unpaired) electrons. The van der Waals surface area contributed by atoms with Gasteiger partial charge in [0, 0.05) is 0 Å². The highest BCUT2D eigenvalue weighted by atomic mass is 16.5. The monoisotopic (exact) mass is 357 g/mol. The average Bonchev–Trinajstić information content (AvgIpc) is 2.98. The van der Waals surface area contributed by atoms with Gasteiger partial charge in [0.2, 0.25) is 0 Å². The van der Waals surface area contributed by atoms with Crippen molar-refractivity contribution in [1.82, 2.24) is 0 Å². The molecule has 1 aliphatic rings. The lowest BCUT2D eigenvalue weighted by Gasteiger charge is -2.14. The largest absolute Gasteiger partial charge is 0.465 e. The van der Waals surface area contributed by atoms with E-state index in [1.165, 1.54) is 12.0 Å². The van der Waals surface area contributed by atoms with E-state index >= 15 is 0 Å². The van der Waals surface area contributed by atoms with Gasteiger partial charge < -0.3 is 4.74 Å². The molecule has 132 valence electrons. The first-order valence-electron chi connectivity index (χ1n) is 8.37. The van der Waals surface area contributed by atoms with Gasteiger partial charge in [0.05, 0.1) is 29.5 Å². The molecular formula is C22H15NO4. The van der Waals surface area contributed by atoms with Crippen LogP contribution in [0.15, 0.2) is 72.8 Å². The van der Waals surface area contributed by atoms with E-state index in [0.717, 1.165) is 11.1 Å². The van der Waals surface area contributed by atoms with E-state index in [0.29, 0.717) is 22.4 Å². The van der Waals surface area contributed by atoms with E-state index in [1.54, 1.807) is 54.6 Å². The van der Waals surface area contributed by atoms with Crippen LogP contribution >= 0.6 is 0 Å². The molecule has 5 heteroatoms. The Balaban J connectivity index is 1.65. The van der Waals surface area contributed by atoms with Crippen LogP contribution in [0.5, 0.6) is 0 Å². The lowest BCUT2D eigenvalue weighted by atomic mass is 10.0. The van der Waals surface area contributed by atoms with Crippen LogP contribution in [0.2, 0.25) is 0 Å². The van der Waals surface area contributed by atoms with Gasteiger partial charge in [-0.25, -0.2) is 9.69 Å². The minimum atomic E-state index is -0.403. The van der Waals surface area contributed by atoms with Crippen LogP contribution in [-0.2, 0) is 4.74 Å². The van der Waals surface area contributed by atoms with Gasteiger partial charge in [0.1, 0.15) is 0 Å². The third-order valence-electron chi connectivity index (χ3n) is 4.54. The molecule has 0 aliphatic carbocycles. The Morgan fingerprint density at radius 1 is 0.778 bits per heavy atom. The second kappa shape index (κ2) is 6.53. The minimum Gasteiger partial charge on any atom is -0.465 e. The maximum absolute atomic E-state index is 12.6. The molecule has 0 spiro atoms. The van der Waals surface area contributed by atoms with E-state index in [4.69, 9.17) is 4.74 Å². The van der Waals surface area contributed by atoms with Crippen molar-refractivity contribution in [3.8, 4) is 11.1 Å². The molecule has 0 aromatic heterocycles. The Morgan fingerprint density at radius 3 is 2.00 bits per heavy atom. The van der Waals surface area contributed by atoms with Crippen molar-refractivity contribution >= 4 is 23.5 Å². The highest BCUT2D eigenvalue weighted by molar-refractivity contribution is 6.34. The van der Waals surface area contributed by atoms with E-state index in [1.807, 2.05) is 18.2 Å². The summed E-state index contributed by atoms with van der Waals surface area (Å²) in [6, 6.07) is 20.9. The molecule has 4 rings (SSSR count). The van der Waals surface area contributed by atoms with Crippen molar-refractivity contribution in [3.63, 3.8) is 0 Å². The van der Waals surface area contributed by atoms with Crippen molar-refractivity contribution in [2.45, 2.75) is 0 Å². The predicted octanol–water partition coefficient (Wildman–Crippen LogP) is 3.94. The third-order valence-corrected chi connectivity index (χ3v) is 4.54. The molecule has 2 amide bonds. The van der Waals surface area contributed by atoms with Gasteiger partial charge >= 0.3 is 5.97 Å². The summed E-state index contributed by atoms with van der Waals surface area (Å²) in [5.74, 6) is -1.05. The Labute approximate surface area is 155 Å². The molecular weight excluding hydrogens is 342 g/mol. The smallest absolute Gasteiger partial charge is 0.337 e. The lowest BCUT2D eigenvalue weighted by molar-refractivity contribution is 0.0600. The van der Waals surface area contributed by atoms with Gasteiger partial charge in [-0.05, 0) is 47.5 Å². The summed E-state index contributed by atoms with van der Waals surface area (Å²) in [6.07, 6.45) is 0. The normalized spacial score (nSPS) is 12.9. The number of amides is 2. The van der Waals surface area contributed by atoms with Crippen LogP contribution < -0.4 is 4.90 Å². The van der Waals surface area contributed by atoms with Crippen molar-refractivity contribution < 1.29 is 19.1 Å². The Kier molecular flexibility index (Phi) is 4.05. The highest BCUT2D eigenvalue weighted by Crippen LogP contribution is 2.30. The molecule has 1 heterocycles. The molecule has 0 fully saturated rings. The number of anilines is 1. The number of esters is 1. The van der Waals surface area contributed by atoms with E-state index < -0.39 is 5.97 Å². The standard InChI is InChI=1S/C22H15NO4/c1-27-22(26)16-6-4-5-15(13-16)14-9-11-17(12-10-14)23-20(24)18-7-2-3-8-19(18)21(23)25/h2-13H,1H3. The molecule has 0 atom stereocenters. The van der Waals surface area contributed by atoms with Gasteiger partial charge in [0.25, 0.3) is 11.8 Å². The fraction of sp³-hybridized carbons (Fsp3) is 0.0455. The summed E-state index contributed by atoms with van der Waals surface area (Å²) in [7, 11) is 1.34. The number of fused-ring (bicyclic) bond motifs is 1. The summed E-state index contributed by atoms with van der Waals surface area (Å²) in [6.45, 7) is 0. The maximum atomic E-state index is 12.6. The molecule has 0 N–H and O–H groups in total. The van der Waals surface area contributed by atoms with E-state index in [-0.39, 0.29) is 11.8 Å². The number of carbonyl (C=O) groups is 3. The van der Waals surface area contributed by atoms with Crippen molar-refractivity contribution in [1.29, 1.82) is 0 Å². The van der Waals surface area contributed by atoms with Crippen molar-refractivity contribution in [3.05, 3.63) is 89.5 Å². The number of rotatable bonds is 3. The average molecular weight is 357 g/mol. The summed E-state index contributed by atoms with van der Waals surface area (Å²) >= 11 is 0. The first-order chi connectivity index (χ1) is 13.1. The first kappa shape index (κ1) is 16.7. The molecule has 5 nitrogen and oxygen atoms in total. The van der Waals surface area contributed by atoms with Crippen LogP contribution in [-0.4, -0.2) is 24.9 Å². The zero-order valence-corrected chi connectivity index (χ0v) is 14.5. The van der Waals surface area contributed by atoms with Gasteiger partial charge in [-0.2, -0.15) is 0 Å². The Bertz CT molecular complexity index is 1030. The summed E-state index contributed by atoms with van der Waals surface area (Å²) in [4.78, 5) is 38.0. The number of nitrogens with zero attached hydrogens (tertiary/aromatic N) is 1. The molecule has 3 aromatic rings. The maximum Gasteiger partial charge on any atom is 0.337 e. The molecule has 0 saturated heterocycles. The van der Waals surface area contributed by atoms with Crippen molar-refractivity contribution in [2.75, 3.05) is 12.0 Å². The molecule has 3 aromatic carbocycles. The topological polar surface area (TPSA) is 63.7 Å². The van der Waals surface area contributed by atoms with Crippen LogP contribution in [0.25, 0.3) is 11.1 Å². The van der Waals surface area contributed by atoms with E-state index in [2.05, 4.69) is 0 Å². The fourth-order valence-corrected chi connectivity index (χ4v) is 3.17. The number of ether oxygens (including phenoxy) is 1. The quantitative estimate of drug-likeness (QED) is 0.526. The first-order valence-corrected chi connectivity index (χ1v) is 8.37. The number of methoxy groups -OCH3 is 1. The number of imide groups is 1. The van der Waals surface area contributed by atoms with Crippen LogP contribution in [0.1, 0.15) is 31.1 Å². The SMILES string of the molecule is COC(=O)c1cccc(-c2ccc(N3C(=O)c4ccccc4C3=O)cc2)c1. The van der Waals surface area contributed by atoms with Gasteiger partial charge in [-0.15, -0.1) is 0 Å². The van der Waals surface area contributed by atoms with Gasteiger partial charge in [0.15, 0.2) is 0 Å². The molecule has 1 aliphatic heterocycles. The number of carbonyl (C=O) groups excluding carboxylic acids is 3.